The van der Waals surface area contributed by atoms with Crippen LogP contribution < -0.4 is 10.6 Å². The van der Waals surface area contributed by atoms with Gasteiger partial charge in [0.25, 0.3) is 0 Å². The van der Waals surface area contributed by atoms with E-state index < -0.39 is 17.7 Å². The highest BCUT2D eigenvalue weighted by Gasteiger charge is 2.16. The van der Waals surface area contributed by atoms with E-state index in [9.17, 15) is 18.0 Å². The summed E-state index contributed by atoms with van der Waals surface area (Å²) in [5.41, 5.74) is 0.578. The molecular weight excluding hydrogens is 319 g/mol. The van der Waals surface area contributed by atoms with Crippen molar-refractivity contribution in [3.05, 3.63) is 65.5 Å². The van der Waals surface area contributed by atoms with E-state index >= 15 is 0 Å². The fourth-order valence-corrected chi connectivity index (χ4v) is 2.26. The van der Waals surface area contributed by atoms with Gasteiger partial charge in [0, 0.05) is 12.6 Å². The number of halogens is 3. The second-order valence-electron chi connectivity index (χ2n) is 5.49. The van der Waals surface area contributed by atoms with Crippen molar-refractivity contribution in [2.75, 3.05) is 26.0 Å². The lowest BCUT2D eigenvalue weighted by atomic mass is 10.1. The first-order chi connectivity index (χ1) is 11.4. The lowest BCUT2D eigenvalue weighted by Crippen LogP contribution is -2.37. The van der Waals surface area contributed by atoms with E-state index in [4.69, 9.17) is 0 Å². The predicted octanol–water partition coefficient (Wildman–Crippen LogP) is 3.53. The maximum Gasteiger partial charge on any atom is 0.319 e. The summed E-state index contributed by atoms with van der Waals surface area (Å²) < 4.78 is 39.7. The quantitative estimate of drug-likeness (QED) is 0.877. The Morgan fingerprint density at radius 3 is 2.42 bits per heavy atom. The molecule has 0 aromatic heterocycles. The molecule has 0 radical (unpaired) electrons. The van der Waals surface area contributed by atoms with Crippen molar-refractivity contribution in [3.63, 3.8) is 0 Å². The molecule has 0 aliphatic heterocycles. The van der Waals surface area contributed by atoms with Gasteiger partial charge in [-0.25, -0.2) is 18.0 Å². The van der Waals surface area contributed by atoms with Crippen LogP contribution in [0.3, 0.4) is 0 Å². The molecule has 0 aliphatic rings. The summed E-state index contributed by atoms with van der Waals surface area (Å²) >= 11 is 0. The van der Waals surface area contributed by atoms with Crippen molar-refractivity contribution in [1.82, 2.24) is 10.2 Å². The van der Waals surface area contributed by atoms with Crippen LogP contribution in [0.25, 0.3) is 0 Å². The highest BCUT2D eigenvalue weighted by molar-refractivity contribution is 5.89. The Morgan fingerprint density at radius 1 is 1.08 bits per heavy atom. The number of hydrogen-bond acceptors (Lipinski definition) is 2. The number of rotatable bonds is 5. The van der Waals surface area contributed by atoms with E-state index in [0.29, 0.717) is 11.6 Å². The highest BCUT2D eigenvalue weighted by Crippen LogP contribution is 2.19. The molecule has 0 bridgehead atoms. The minimum Gasteiger partial charge on any atom is -0.336 e. The van der Waals surface area contributed by atoms with Gasteiger partial charge in [-0.15, -0.1) is 0 Å². The van der Waals surface area contributed by atoms with E-state index in [-0.39, 0.29) is 24.1 Å². The van der Waals surface area contributed by atoms with Gasteiger partial charge < -0.3 is 15.5 Å². The minimum atomic E-state index is -0.862. The standard InChI is InChI=1S/C17H18F3N3O/c1-23(2)16(11-4-3-5-12(18)8-11)10-21-17(24)22-15-7-6-13(19)9-14(15)20/h3-9,16H,10H2,1-2H3,(H2,21,22,24). The Hall–Kier alpha value is -2.54. The molecule has 0 fully saturated rings. The summed E-state index contributed by atoms with van der Waals surface area (Å²) in [5.74, 6) is -1.95. The van der Waals surface area contributed by atoms with Crippen LogP contribution in [-0.4, -0.2) is 31.6 Å². The first-order valence-corrected chi connectivity index (χ1v) is 7.28. The number of nitrogens with one attached hydrogen (secondary N) is 2. The minimum absolute atomic E-state index is 0.124. The van der Waals surface area contributed by atoms with Gasteiger partial charge in [0.05, 0.1) is 11.7 Å². The Kier molecular flexibility index (Phi) is 5.81. The SMILES string of the molecule is CN(C)C(CNC(=O)Nc1ccc(F)cc1F)c1cccc(F)c1. The smallest absolute Gasteiger partial charge is 0.319 e. The van der Waals surface area contributed by atoms with Gasteiger partial charge in [0.15, 0.2) is 0 Å². The highest BCUT2D eigenvalue weighted by atomic mass is 19.1. The Bertz CT molecular complexity index is 722. The first kappa shape index (κ1) is 17.8. The third-order valence-corrected chi connectivity index (χ3v) is 3.49. The van der Waals surface area contributed by atoms with Crippen LogP contribution in [0.4, 0.5) is 23.7 Å². The average Bonchev–Trinajstić information content (AvgIpc) is 2.50. The summed E-state index contributed by atoms with van der Waals surface area (Å²) in [4.78, 5) is 13.7. The van der Waals surface area contributed by atoms with Crippen LogP contribution in [0.5, 0.6) is 0 Å². The van der Waals surface area contributed by atoms with Gasteiger partial charge >= 0.3 is 6.03 Å². The molecule has 0 heterocycles. The van der Waals surface area contributed by atoms with Crippen molar-refractivity contribution in [3.8, 4) is 0 Å². The lowest BCUT2D eigenvalue weighted by Gasteiger charge is -2.25. The number of likely N-dealkylation sites (N-methyl/N-ethyl adjacent to an activating group) is 1. The molecule has 2 aromatic carbocycles. The van der Waals surface area contributed by atoms with Crippen molar-refractivity contribution < 1.29 is 18.0 Å². The van der Waals surface area contributed by atoms with E-state index in [1.165, 1.54) is 12.1 Å². The van der Waals surface area contributed by atoms with E-state index in [0.717, 1.165) is 12.1 Å². The number of anilines is 1. The van der Waals surface area contributed by atoms with Gasteiger partial charge in [-0.05, 0) is 43.9 Å². The number of benzene rings is 2. The monoisotopic (exact) mass is 337 g/mol. The average molecular weight is 337 g/mol. The Balaban J connectivity index is 2.00. The molecule has 24 heavy (non-hydrogen) atoms. The number of nitrogens with zero attached hydrogens (tertiary/aromatic N) is 1. The zero-order valence-electron chi connectivity index (χ0n) is 13.3. The molecular formula is C17H18F3N3O. The third-order valence-electron chi connectivity index (χ3n) is 3.49. The zero-order chi connectivity index (χ0) is 17.7. The van der Waals surface area contributed by atoms with Gasteiger partial charge in [0.1, 0.15) is 17.5 Å². The van der Waals surface area contributed by atoms with Crippen molar-refractivity contribution in [1.29, 1.82) is 0 Å². The van der Waals surface area contributed by atoms with Gasteiger partial charge in [-0.3, -0.25) is 0 Å². The van der Waals surface area contributed by atoms with Crippen LogP contribution >= 0.6 is 0 Å². The maximum absolute atomic E-state index is 13.5. The van der Waals surface area contributed by atoms with E-state index in [1.807, 2.05) is 4.90 Å². The Morgan fingerprint density at radius 2 is 1.79 bits per heavy atom. The predicted molar refractivity (Wildman–Crippen MR) is 86.2 cm³/mol. The Labute approximate surface area is 138 Å². The number of carbonyl (C=O) groups excluding carboxylic acids is 1. The van der Waals surface area contributed by atoms with Crippen LogP contribution in [0.2, 0.25) is 0 Å². The van der Waals surface area contributed by atoms with Gasteiger partial charge in [-0.1, -0.05) is 12.1 Å². The van der Waals surface area contributed by atoms with Crippen LogP contribution in [0.15, 0.2) is 42.5 Å². The number of amides is 2. The van der Waals surface area contributed by atoms with Crippen molar-refractivity contribution in [2.24, 2.45) is 0 Å². The van der Waals surface area contributed by atoms with Gasteiger partial charge in [0.2, 0.25) is 0 Å². The van der Waals surface area contributed by atoms with Crippen LogP contribution in [0.1, 0.15) is 11.6 Å². The molecule has 1 unspecified atom stereocenters. The molecule has 2 aromatic rings. The number of hydrogen-bond donors (Lipinski definition) is 2. The molecule has 0 spiro atoms. The topological polar surface area (TPSA) is 44.4 Å². The summed E-state index contributed by atoms with van der Waals surface area (Å²) in [7, 11) is 3.60. The normalized spacial score (nSPS) is 12.1. The van der Waals surface area contributed by atoms with Gasteiger partial charge in [-0.2, -0.15) is 0 Å². The largest absolute Gasteiger partial charge is 0.336 e. The molecule has 0 saturated carbocycles. The van der Waals surface area contributed by atoms with Crippen LogP contribution in [-0.2, 0) is 0 Å². The second-order valence-corrected chi connectivity index (χ2v) is 5.49. The number of urea groups is 1. The molecule has 2 amide bonds. The van der Waals surface area contributed by atoms with Crippen molar-refractivity contribution in [2.45, 2.75) is 6.04 Å². The van der Waals surface area contributed by atoms with Crippen molar-refractivity contribution >= 4 is 11.7 Å². The summed E-state index contributed by atoms with van der Waals surface area (Å²) in [5, 5.41) is 4.91. The lowest BCUT2D eigenvalue weighted by molar-refractivity contribution is 0.243. The zero-order valence-corrected chi connectivity index (χ0v) is 13.3. The second kappa shape index (κ2) is 7.83. The number of carbonyl (C=O) groups is 1. The molecule has 1 atom stereocenters. The maximum atomic E-state index is 13.5. The molecule has 2 N–H and O–H groups in total. The summed E-state index contributed by atoms with van der Waals surface area (Å²) in [6.07, 6.45) is 0. The van der Waals surface area contributed by atoms with E-state index in [2.05, 4.69) is 10.6 Å². The van der Waals surface area contributed by atoms with E-state index in [1.54, 1.807) is 26.2 Å². The molecule has 0 saturated heterocycles. The first-order valence-electron chi connectivity index (χ1n) is 7.28. The molecule has 128 valence electrons. The molecule has 0 aliphatic carbocycles. The molecule has 4 nitrogen and oxygen atoms in total. The summed E-state index contributed by atoms with van der Waals surface area (Å²) in [6, 6.07) is 8.06. The van der Waals surface area contributed by atoms with Crippen LogP contribution in [0, 0.1) is 17.5 Å². The molecule has 2 rings (SSSR count). The molecule has 7 heteroatoms. The third kappa shape index (κ3) is 4.73. The fraction of sp³-hybridized carbons (Fsp3) is 0.235. The fourth-order valence-electron chi connectivity index (χ4n) is 2.26. The summed E-state index contributed by atoms with van der Waals surface area (Å²) in [6.45, 7) is 0.186.